The zero-order valence-corrected chi connectivity index (χ0v) is 12.1. The summed E-state index contributed by atoms with van der Waals surface area (Å²) >= 11 is 5.95. The van der Waals surface area contributed by atoms with Gasteiger partial charge in [-0.3, -0.25) is 0 Å². The van der Waals surface area contributed by atoms with Gasteiger partial charge < -0.3 is 10.1 Å². The minimum atomic E-state index is -0.341. The standard InChI is InChI=1S/C16H17ClFNO/c1-2-19-10-12-3-7-15(8-4-12)20-11-13-5-6-14(18)9-16(13)17/h3-9,19H,2,10-11H2,1H3. The molecule has 0 radical (unpaired) electrons. The van der Waals surface area contributed by atoms with Crippen molar-refractivity contribution >= 4 is 11.6 Å². The molecular weight excluding hydrogens is 277 g/mol. The van der Waals surface area contributed by atoms with Crippen molar-refractivity contribution in [3.05, 3.63) is 64.4 Å². The van der Waals surface area contributed by atoms with E-state index >= 15 is 0 Å². The molecule has 2 nitrogen and oxygen atoms in total. The summed E-state index contributed by atoms with van der Waals surface area (Å²) in [5, 5.41) is 3.64. The van der Waals surface area contributed by atoms with Crippen LogP contribution in [0.1, 0.15) is 18.1 Å². The number of nitrogens with one attached hydrogen (secondary N) is 1. The molecule has 0 amide bonds. The molecule has 0 heterocycles. The van der Waals surface area contributed by atoms with E-state index in [9.17, 15) is 4.39 Å². The van der Waals surface area contributed by atoms with E-state index in [2.05, 4.69) is 12.2 Å². The minimum Gasteiger partial charge on any atom is -0.489 e. The Labute approximate surface area is 123 Å². The number of ether oxygens (including phenoxy) is 1. The highest BCUT2D eigenvalue weighted by Crippen LogP contribution is 2.20. The first-order valence-corrected chi connectivity index (χ1v) is 6.93. The minimum absolute atomic E-state index is 0.325. The highest BCUT2D eigenvalue weighted by atomic mass is 35.5. The molecule has 0 atom stereocenters. The van der Waals surface area contributed by atoms with Crippen LogP contribution >= 0.6 is 11.6 Å². The van der Waals surface area contributed by atoms with Crippen molar-refractivity contribution in [1.29, 1.82) is 0 Å². The van der Waals surface area contributed by atoms with Crippen LogP contribution in [0.2, 0.25) is 5.02 Å². The molecule has 0 fully saturated rings. The Bertz CT molecular complexity index is 557. The van der Waals surface area contributed by atoms with Crippen molar-refractivity contribution in [3.63, 3.8) is 0 Å². The molecule has 0 aliphatic heterocycles. The molecule has 0 saturated heterocycles. The summed E-state index contributed by atoms with van der Waals surface area (Å²) in [4.78, 5) is 0. The summed E-state index contributed by atoms with van der Waals surface area (Å²) in [6, 6.07) is 12.2. The molecule has 0 saturated carbocycles. The van der Waals surface area contributed by atoms with E-state index < -0.39 is 0 Å². The Morgan fingerprint density at radius 3 is 2.55 bits per heavy atom. The predicted octanol–water partition coefficient (Wildman–Crippen LogP) is 4.17. The normalized spacial score (nSPS) is 10.6. The highest BCUT2D eigenvalue weighted by Gasteiger charge is 2.03. The Morgan fingerprint density at radius 1 is 1.15 bits per heavy atom. The molecule has 4 heteroatoms. The summed E-state index contributed by atoms with van der Waals surface area (Å²) < 4.78 is 18.6. The zero-order valence-electron chi connectivity index (χ0n) is 11.3. The quantitative estimate of drug-likeness (QED) is 0.863. The van der Waals surface area contributed by atoms with Crippen molar-refractivity contribution in [2.24, 2.45) is 0 Å². The Balaban J connectivity index is 1.93. The Morgan fingerprint density at radius 2 is 1.90 bits per heavy atom. The van der Waals surface area contributed by atoms with Crippen LogP contribution in [-0.2, 0) is 13.2 Å². The molecular formula is C16H17ClFNO. The second kappa shape index (κ2) is 7.27. The lowest BCUT2D eigenvalue weighted by atomic mass is 10.2. The topological polar surface area (TPSA) is 21.3 Å². The average molecular weight is 294 g/mol. The number of hydrogen-bond acceptors (Lipinski definition) is 2. The second-order valence-corrected chi connectivity index (χ2v) is 4.86. The van der Waals surface area contributed by atoms with Crippen LogP contribution in [0.25, 0.3) is 0 Å². The maximum Gasteiger partial charge on any atom is 0.124 e. The number of halogens is 2. The second-order valence-electron chi connectivity index (χ2n) is 4.45. The molecule has 0 aliphatic rings. The van der Waals surface area contributed by atoms with Gasteiger partial charge in [0, 0.05) is 12.1 Å². The van der Waals surface area contributed by atoms with Gasteiger partial charge >= 0.3 is 0 Å². The van der Waals surface area contributed by atoms with Gasteiger partial charge in [0.05, 0.1) is 5.02 Å². The lowest BCUT2D eigenvalue weighted by Crippen LogP contribution is -2.11. The van der Waals surface area contributed by atoms with Gasteiger partial charge in [-0.25, -0.2) is 4.39 Å². The fraction of sp³-hybridized carbons (Fsp3) is 0.250. The largest absolute Gasteiger partial charge is 0.489 e. The summed E-state index contributed by atoms with van der Waals surface area (Å²) in [5.41, 5.74) is 1.98. The number of rotatable bonds is 6. The van der Waals surface area contributed by atoms with Gasteiger partial charge in [-0.15, -0.1) is 0 Å². The van der Waals surface area contributed by atoms with Crippen molar-refractivity contribution in [3.8, 4) is 5.75 Å². The Hall–Kier alpha value is -1.58. The molecule has 0 unspecified atom stereocenters. The van der Waals surface area contributed by atoms with Gasteiger partial charge in [-0.05, 0) is 36.4 Å². The molecule has 0 bridgehead atoms. The van der Waals surface area contributed by atoms with Crippen LogP contribution in [-0.4, -0.2) is 6.54 Å². The van der Waals surface area contributed by atoms with Gasteiger partial charge in [0.15, 0.2) is 0 Å². The van der Waals surface area contributed by atoms with Gasteiger partial charge in [-0.2, -0.15) is 0 Å². The highest BCUT2D eigenvalue weighted by molar-refractivity contribution is 6.31. The molecule has 0 aliphatic carbocycles. The summed E-state index contributed by atoms with van der Waals surface area (Å²) in [6.45, 7) is 4.19. The molecule has 1 N–H and O–H groups in total. The zero-order chi connectivity index (χ0) is 14.4. The molecule has 2 aromatic rings. The molecule has 0 spiro atoms. The van der Waals surface area contributed by atoms with Crippen molar-refractivity contribution < 1.29 is 9.13 Å². The molecule has 0 aromatic heterocycles. The lowest BCUT2D eigenvalue weighted by Gasteiger charge is -2.09. The number of hydrogen-bond donors (Lipinski definition) is 1. The molecule has 2 aromatic carbocycles. The monoisotopic (exact) mass is 293 g/mol. The van der Waals surface area contributed by atoms with E-state index in [0.717, 1.165) is 24.4 Å². The van der Waals surface area contributed by atoms with Gasteiger partial charge in [-0.1, -0.05) is 36.7 Å². The van der Waals surface area contributed by atoms with Crippen LogP contribution in [0.15, 0.2) is 42.5 Å². The van der Waals surface area contributed by atoms with Gasteiger partial charge in [0.1, 0.15) is 18.2 Å². The van der Waals surface area contributed by atoms with Gasteiger partial charge in [0.2, 0.25) is 0 Å². The van der Waals surface area contributed by atoms with Crippen LogP contribution in [0.4, 0.5) is 4.39 Å². The van der Waals surface area contributed by atoms with E-state index in [1.165, 1.54) is 17.7 Å². The summed E-state index contributed by atoms with van der Waals surface area (Å²) in [7, 11) is 0. The average Bonchev–Trinajstić information content (AvgIpc) is 2.45. The van der Waals surface area contributed by atoms with Crippen molar-refractivity contribution in [2.45, 2.75) is 20.1 Å². The van der Waals surface area contributed by atoms with E-state index in [0.29, 0.717) is 11.6 Å². The van der Waals surface area contributed by atoms with Crippen molar-refractivity contribution in [1.82, 2.24) is 5.32 Å². The molecule has 20 heavy (non-hydrogen) atoms. The van der Waals surface area contributed by atoms with Crippen LogP contribution in [0, 0.1) is 5.82 Å². The SMILES string of the molecule is CCNCc1ccc(OCc2ccc(F)cc2Cl)cc1. The van der Waals surface area contributed by atoms with Crippen LogP contribution in [0.5, 0.6) is 5.75 Å². The Kier molecular flexibility index (Phi) is 5.39. The van der Waals surface area contributed by atoms with E-state index in [1.54, 1.807) is 6.07 Å². The first kappa shape index (κ1) is 14.8. The van der Waals surface area contributed by atoms with Crippen molar-refractivity contribution in [2.75, 3.05) is 6.54 Å². The predicted molar refractivity (Wildman–Crippen MR) is 79.6 cm³/mol. The third kappa shape index (κ3) is 4.22. The third-order valence-corrected chi connectivity index (χ3v) is 3.26. The fourth-order valence-corrected chi connectivity index (χ4v) is 1.99. The fourth-order valence-electron chi connectivity index (χ4n) is 1.77. The van der Waals surface area contributed by atoms with Gasteiger partial charge in [0.25, 0.3) is 0 Å². The maximum atomic E-state index is 12.9. The molecule has 106 valence electrons. The first-order valence-electron chi connectivity index (χ1n) is 6.55. The van der Waals surface area contributed by atoms with E-state index in [-0.39, 0.29) is 5.82 Å². The van der Waals surface area contributed by atoms with E-state index in [4.69, 9.17) is 16.3 Å². The van der Waals surface area contributed by atoms with Crippen LogP contribution in [0.3, 0.4) is 0 Å². The summed E-state index contributed by atoms with van der Waals surface area (Å²) in [5.74, 6) is 0.428. The maximum absolute atomic E-state index is 12.9. The van der Waals surface area contributed by atoms with Crippen LogP contribution < -0.4 is 10.1 Å². The third-order valence-electron chi connectivity index (χ3n) is 2.91. The summed E-state index contributed by atoms with van der Waals surface area (Å²) in [6.07, 6.45) is 0. The van der Waals surface area contributed by atoms with E-state index in [1.807, 2.05) is 24.3 Å². The number of benzene rings is 2. The molecule has 2 rings (SSSR count). The first-order chi connectivity index (χ1) is 9.69. The lowest BCUT2D eigenvalue weighted by molar-refractivity contribution is 0.306. The smallest absolute Gasteiger partial charge is 0.124 e.